The van der Waals surface area contributed by atoms with Crippen LogP contribution in [0.2, 0.25) is 0 Å². The molecule has 3 rings (SSSR count). The maximum absolute atomic E-state index is 11.2. The number of fused-ring (bicyclic) bond motifs is 1. The van der Waals surface area contributed by atoms with Crippen molar-refractivity contribution in [1.82, 2.24) is 4.98 Å². The van der Waals surface area contributed by atoms with Gasteiger partial charge >= 0.3 is 5.97 Å². The van der Waals surface area contributed by atoms with Crippen molar-refractivity contribution in [2.45, 2.75) is 0 Å². The van der Waals surface area contributed by atoms with Gasteiger partial charge in [-0.1, -0.05) is 0 Å². The van der Waals surface area contributed by atoms with E-state index in [1.165, 1.54) is 24.3 Å². The van der Waals surface area contributed by atoms with E-state index in [2.05, 4.69) is 4.98 Å². The summed E-state index contributed by atoms with van der Waals surface area (Å²) < 4.78 is 0.553. The molecule has 120 valence electrons. The second kappa shape index (κ2) is 5.66. The number of nitrogens with zero attached hydrogens (tertiary/aromatic N) is 3. The van der Waals surface area contributed by atoms with Crippen LogP contribution >= 0.6 is 11.3 Å². The number of non-ortho nitro benzene ring substituents is 1. The van der Waals surface area contributed by atoms with Gasteiger partial charge in [0, 0.05) is 6.07 Å². The van der Waals surface area contributed by atoms with Crippen LogP contribution in [-0.4, -0.2) is 25.9 Å². The van der Waals surface area contributed by atoms with Crippen LogP contribution in [-0.2, 0) is 0 Å². The SMILES string of the molecule is O=C(O)c1ccc2nc(-c3ccc([N+](=O)[O-])cc3[N+](=O)[O-])sc2c1. The normalized spacial score (nSPS) is 10.7. The van der Waals surface area contributed by atoms with E-state index < -0.39 is 21.5 Å². The van der Waals surface area contributed by atoms with Crippen molar-refractivity contribution in [3.8, 4) is 10.6 Å². The van der Waals surface area contributed by atoms with Crippen molar-refractivity contribution in [3.63, 3.8) is 0 Å². The minimum absolute atomic E-state index is 0.0795. The average molecular weight is 345 g/mol. The maximum atomic E-state index is 11.2. The maximum Gasteiger partial charge on any atom is 0.335 e. The third kappa shape index (κ3) is 2.65. The largest absolute Gasteiger partial charge is 0.478 e. The Bertz CT molecular complexity index is 1010. The molecular formula is C14H7N3O6S. The molecule has 1 N–H and O–H groups in total. The molecule has 1 heterocycles. The van der Waals surface area contributed by atoms with Gasteiger partial charge in [0.25, 0.3) is 11.4 Å². The van der Waals surface area contributed by atoms with Crippen LogP contribution < -0.4 is 0 Å². The van der Waals surface area contributed by atoms with Crippen LogP contribution in [0.5, 0.6) is 0 Å². The lowest BCUT2D eigenvalue weighted by molar-refractivity contribution is -0.393. The van der Waals surface area contributed by atoms with Crippen molar-refractivity contribution < 1.29 is 19.7 Å². The second-order valence-corrected chi connectivity index (χ2v) is 5.75. The first-order valence-corrected chi connectivity index (χ1v) is 7.25. The predicted octanol–water partition coefficient (Wildman–Crippen LogP) is 3.48. The number of carboxylic acids is 1. The summed E-state index contributed by atoms with van der Waals surface area (Å²) in [5.41, 5.74) is -0.103. The highest BCUT2D eigenvalue weighted by molar-refractivity contribution is 7.21. The van der Waals surface area contributed by atoms with E-state index in [0.717, 1.165) is 23.5 Å². The number of nitro benzene ring substituents is 2. The molecule has 9 nitrogen and oxygen atoms in total. The van der Waals surface area contributed by atoms with E-state index in [0.29, 0.717) is 10.2 Å². The molecule has 0 bridgehead atoms. The van der Waals surface area contributed by atoms with Gasteiger partial charge in [0.05, 0.1) is 37.3 Å². The monoisotopic (exact) mass is 345 g/mol. The van der Waals surface area contributed by atoms with Gasteiger partial charge in [0.1, 0.15) is 5.01 Å². The van der Waals surface area contributed by atoms with Crippen molar-refractivity contribution in [2.75, 3.05) is 0 Å². The zero-order chi connectivity index (χ0) is 17.4. The molecular weight excluding hydrogens is 338 g/mol. The van der Waals surface area contributed by atoms with Crippen LogP contribution in [0.4, 0.5) is 11.4 Å². The summed E-state index contributed by atoms with van der Waals surface area (Å²) in [5, 5.41) is 31.3. The fourth-order valence-corrected chi connectivity index (χ4v) is 3.18. The minimum atomic E-state index is -1.09. The Morgan fingerprint density at radius 1 is 1.08 bits per heavy atom. The summed E-state index contributed by atoms with van der Waals surface area (Å²) in [6.45, 7) is 0. The third-order valence-corrected chi connectivity index (χ3v) is 4.31. The van der Waals surface area contributed by atoms with Crippen molar-refractivity contribution in [1.29, 1.82) is 0 Å². The quantitative estimate of drug-likeness (QED) is 0.564. The van der Waals surface area contributed by atoms with E-state index in [-0.39, 0.29) is 21.8 Å². The molecule has 0 spiro atoms. The standard InChI is InChI=1S/C14H7N3O6S/c18-14(19)7-1-4-10-12(5-7)24-13(15-10)9-3-2-8(16(20)21)6-11(9)17(22)23/h1-6H,(H,18,19). The fourth-order valence-electron chi connectivity index (χ4n) is 2.14. The lowest BCUT2D eigenvalue weighted by Gasteiger charge is -1.99. The Kier molecular flexibility index (Phi) is 3.66. The smallest absolute Gasteiger partial charge is 0.335 e. The Labute approximate surface area is 137 Å². The highest BCUT2D eigenvalue weighted by Gasteiger charge is 2.23. The predicted molar refractivity (Wildman–Crippen MR) is 85.3 cm³/mol. The van der Waals surface area contributed by atoms with Crippen LogP contribution in [0, 0.1) is 20.2 Å². The van der Waals surface area contributed by atoms with Gasteiger partial charge in [0.2, 0.25) is 0 Å². The van der Waals surface area contributed by atoms with E-state index in [1.54, 1.807) is 0 Å². The Hall–Kier alpha value is -3.40. The molecule has 0 amide bonds. The molecule has 0 saturated heterocycles. The first-order chi connectivity index (χ1) is 11.4. The number of nitro groups is 2. The van der Waals surface area contributed by atoms with E-state index >= 15 is 0 Å². The first-order valence-electron chi connectivity index (χ1n) is 6.44. The fraction of sp³-hybridized carbons (Fsp3) is 0. The van der Waals surface area contributed by atoms with E-state index in [9.17, 15) is 25.0 Å². The lowest BCUT2D eigenvalue weighted by atomic mass is 10.1. The van der Waals surface area contributed by atoms with Gasteiger partial charge in [0.15, 0.2) is 0 Å². The summed E-state index contributed by atoms with van der Waals surface area (Å²) in [4.78, 5) is 35.8. The zero-order valence-electron chi connectivity index (χ0n) is 11.7. The van der Waals surface area contributed by atoms with Crippen LogP contribution in [0.25, 0.3) is 20.8 Å². The Morgan fingerprint density at radius 3 is 2.46 bits per heavy atom. The molecule has 3 aromatic rings. The summed E-state index contributed by atoms with van der Waals surface area (Å²) in [5.74, 6) is -1.09. The highest BCUT2D eigenvalue weighted by atomic mass is 32.1. The van der Waals surface area contributed by atoms with Gasteiger partial charge < -0.3 is 5.11 Å². The van der Waals surface area contributed by atoms with Gasteiger partial charge in [-0.25, -0.2) is 9.78 Å². The molecule has 0 aliphatic heterocycles. The highest BCUT2D eigenvalue weighted by Crippen LogP contribution is 2.37. The number of aromatic nitrogens is 1. The van der Waals surface area contributed by atoms with Crippen molar-refractivity contribution in [3.05, 3.63) is 62.2 Å². The molecule has 2 aromatic carbocycles. The van der Waals surface area contributed by atoms with E-state index in [1.807, 2.05) is 0 Å². The molecule has 0 radical (unpaired) electrons. The first kappa shape index (κ1) is 15.5. The molecule has 0 aliphatic rings. The van der Waals surface area contributed by atoms with Gasteiger partial charge in [-0.2, -0.15) is 0 Å². The van der Waals surface area contributed by atoms with Crippen LogP contribution in [0.3, 0.4) is 0 Å². The van der Waals surface area contributed by atoms with Crippen LogP contribution in [0.1, 0.15) is 10.4 Å². The third-order valence-electron chi connectivity index (χ3n) is 3.25. The summed E-state index contributed by atoms with van der Waals surface area (Å²) >= 11 is 1.08. The summed E-state index contributed by atoms with van der Waals surface area (Å²) in [6, 6.07) is 7.64. The lowest BCUT2D eigenvalue weighted by Crippen LogP contribution is -1.95. The molecule has 10 heteroatoms. The average Bonchev–Trinajstić information content (AvgIpc) is 2.96. The zero-order valence-corrected chi connectivity index (χ0v) is 12.5. The topological polar surface area (TPSA) is 136 Å². The molecule has 1 aromatic heterocycles. The van der Waals surface area contributed by atoms with Crippen LogP contribution in [0.15, 0.2) is 36.4 Å². The van der Waals surface area contributed by atoms with Gasteiger partial charge in [-0.15, -0.1) is 11.3 Å². The number of carboxylic acid groups (broad SMARTS) is 1. The summed E-state index contributed by atoms with van der Waals surface area (Å²) in [6.07, 6.45) is 0. The Morgan fingerprint density at radius 2 is 1.83 bits per heavy atom. The minimum Gasteiger partial charge on any atom is -0.478 e. The van der Waals surface area contributed by atoms with Gasteiger partial charge in [-0.3, -0.25) is 20.2 Å². The number of hydrogen-bond donors (Lipinski definition) is 1. The number of aromatic carboxylic acids is 1. The van der Waals surface area contributed by atoms with Crippen molar-refractivity contribution >= 4 is 38.9 Å². The van der Waals surface area contributed by atoms with Gasteiger partial charge in [-0.05, 0) is 24.3 Å². The molecule has 24 heavy (non-hydrogen) atoms. The molecule has 0 aliphatic carbocycles. The molecule has 0 atom stereocenters. The number of benzene rings is 2. The number of hydrogen-bond acceptors (Lipinski definition) is 7. The summed E-state index contributed by atoms with van der Waals surface area (Å²) in [7, 11) is 0. The molecule has 0 saturated carbocycles. The molecule has 0 unspecified atom stereocenters. The second-order valence-electron chi connectivity index (χ2n) is 4.72. The van der Waals surface area contributed by atoms with Crippen molar-refractivity contribution in [2.24, 2.45) is 0 Å². The number of thiazole rings is 1. The van der Waals surface area contributed by atoms with E-state index in [4.69, 9.17) is 5.11 Å². The number of carbonyl (C=O) groups is 1. The Balaban J connectivity index is 2.18. The molecule has 0 fully saturated rings. The number of rotatable bonds is 4.